The number of aliphatic carboxylic acids is 1. The van der Waals surface area contributed by atoms with Crippen molar-refractivity contribution >= 4 is 11.8 Å². The summed E-state index contributed by atoms with van der Waals surface area (Å²) < 4.78 is 0. The minimum absolute atomic E-state index is 0.229. The van der Waals surface area contributed by atoms with E-state index in [0.29, 0.717) is 12.5 Å². The molecule has 1 N–H and O–H groups in total. The van der Waals surface area contributed by atoms with Crippen LogP contribution < -0.4 is 4.90 Å². The average molecular weight is 263 g/mol. The van der Waals surface area contributed by atoms with Crippen LogP contribution in [0.25, 0.3) is 0 Å². The maximum absolute atomic E-state index is 10.7. The van der Waals surface area contributed by atoms with Crippen molar-refractivity contribution in [3.63, 3.8) is 0 Å². The molecule has 1 saturated heterocycles. The third-order valence-corrected chi connectivity index (χ3v) is 3.68. The van der Waals surface area contributed by atoms with E-state index in [2.05, 4.69) is 21.8 Å². The molecule has 0 bridgehead atoms. The molecule has 0 amide bonds. The van der Waals surface area contributed by atoms with Crippen molar-refractivity contribution in [1.82, 2.24) is 9.97 Å². The Bertz CT molecular complexity index is 436. The van der Waals surface area contributed by atoms with Gasteiger partial charge in [0.1, 0.15) is 12.1 Å². The van der Waals surface area contributed by atoms with Crippen molar-refractivity contribution < 1.29 is 9.90 Å². The Morgan fingerprint density at radius 3 is 3.05 bits per heavy atom. The highest BCUT2D eigenvalue weighted by molar-refractivity contribution is 5.66. The van der Waals surface area contributed by atoms with Crippen LogP contribution in [-0.2, 0) is 11.2 Å². The lowest BCUT2D eigenvalue weighted by atomic mass is 9.98. The van der Waals surface area contributed by atoms with Crippen LogP contribution >= 0.6 is 0 Å². The van der Waals surface area contributed by atoms with E-state index in [0.717, 1.165) is 37.3 Å². The molecule has 19 heavy (non-hydrogen) atoms. The Kier molecular flexibility index (Phi) is 4.71. The van der Waals surface area contributed by atoms with Gasteiger partial charge in [-0.2, -0.15) is 0 Å². The number of hydrogen-bond donors (Lipinski definition) is 1. The van der Waals surface area contributed by atoms with E-state index >= 15 is 0 Å². The molecule has 1 fully saturated rings. The molecule has 1 aromatic rings. The zero-order chi connectivity index (χ0) is 13.7. The first-order valence-corrected chi connectivity index (χ1v) is 7.00. The molecule has 1 aromatic heterocycles. The summed E-state index contributed by atoms with van der Waals surface area (Å²) in [6, 6.07) is 2.32. The smallest absolute Gasteiger partial charge is 0.303 e. The van der Waals surface area contributed by atoms with Crippen molar-refractivity contribution in [2.75, 3.05) is 11.4 Å². The molecule has 1 atom stereocenters. The second-order valence-electron chi connectivity index (χ2n) is 5.00. The second kappa shape index (κ2) is 6.50. The highest BCUT2D eigenvalue weighted by Crippen LogP contribution is 2.26. The zero-order valence-corrected chi connectivity index (χ0v) is 11.4. The minimum atomic E-state index is -0.720. The number of nitrogens with zero attached hydrogens (tertiary/aromatic N) is 3. The van der Waals surface area contributed by atoms with Gasteiger partial charge in [0.15, 0.2) is 0 Å². The molecule has 0 aliphatic carbocycles. The summed E-state index contributed by atoms with van der Waals surface area (Å²) in [6.45, 7) is 3.04. The second-order valence-corrected chi connectivity index (χ2v) is 5.00. The number of carboxylic acids is 1. The van der Waals surface area contributed by atoms with Gasteiger partial charge in [0.05, 0.1) is 0 Å². The van der Waals surface area contributed by atoms with Gasteiger partial charge < -0.3 is 10.0 Å². The highest BCUT2D eigenvalue weighted by Gasteiger charge is 2.24. The van der Waals surface area contributed by atoms with Crippen LogP contribution in [0.2, 0.25) is 0 Å². The van der Waals surface area contributed by atoms with E-state index in [9.17, 15) is 4.79 Å². The van der Waals surface area contributed by atoms with Crippen molar-refractivity contribution in [1.29, 1.82) is 0 Å². The summed E-state index contributed by atoms with van der Waals surface area (Å²) in [5.41, 5.74) is 1.03. The fourth-order valence-corrected chi connectivity index (χ4v) is 2.63. The number of piperidine rings is 1. The normalized spacial score (nSPS) is 19.4. The first-order chi connectivity index (χ1) is 9.20. The van der Waals surface area contributed by atoms with Crippen molar-refractivity contribution in [2.45, 2.75) is 51.5 Å². The van der Waals surface area contributed by atoms with E-state index in [-0.39, 0.29) is 6.42 Å². The molecular formula is C14H21N3O2. The SMILES string of the molecule is CCc1cc(N2CCCCC2CCC(=O)O)ncn1. The Labute approximate surface area is 113 Å². The first-order valence-electron chi connectivity index (χ1n) is 7.00. The number of anilines is 1. The third kappa shape index (κ3) is 3.66. The summed E-state index contributed by atoms with van der Waals surface area (Å²) >= 11 is 0. The maximum atomic E-state index is 10.7. The fraction of sp³-hybridized carbons (Fsp3) is 0.643. The Morgan fingerprint density at radius 1 is 1.47 bits per heavy atom. The van der Waals surface area contributed by atoms with Crippen LogP contribution in [0.1, 0.15) is 44.7 Å². The molecule has 2 heterocycles. The third-order valence-electron chi connectivity index (χ3n) is 3.68. The van der Waals surface area contributed by atoms with Crippen LogP contribution in [0.3, 0.4) is 0 Å². The maximum Gasteiger partial charge on any atom is 0.303 e. The molecule has 1 aliphatic heterocycles. The van der Waals surface area contributed by atoms with Gasteiger partial charge >= 0.3 is 5.97 Å². The van der Waals surface area contributed by atoms with Crippen molar-refractivity contribution in [2.24, 2.45) is 0 Å². The summed E-state index contributed by atoms with van der Waals surface area (Å²) in [5.74, 6) is 0.226. The van der Waals surface area contributed by atoms with E-state index in [4.69, 9.17) is 5.11 Å². The molecule has 0 saturated carbocycles. The summed E-state index contributed by atoms with van der Waals surface area (Å²) in [4.78, 5) is 21.6. The number of hydrogen-bond acceptors (Lipinski definition) is 4. The molecule has 5 heteroatoms. The molecule has 2 rings (SSSR count). The fourth-order valence-electron chi connectivity index (χ4n) is 2.63. The van der Waals surface area contributed by atoms with E-state index < -0.39 is 5.97 Å². The topological polar surface area (TPSA) is 66.3 Å². The molecule has 0 aromatic carbocycles. The lowest BCUT2D eigenvalue weighted by molar-refractivity contribution is -0.137. The number of aryl methyl sites for hydroxylation is 1. The van der Waals surface area contributed by atoms with E-state index in [1.807, 2.05) is 6.07 Å². The minimum Gasteiger partial charge on any atom is -0.481 e. The standard InChI is InChI=1S/C14H21N3O2/c1-2-11-9-13(16-10-15-11)17-8-4-3-5-12(17)6-7-14(18)19/h9-10,12H,2-8H2,1H3,(H,18,19). The van der Waals surface area contributed by atoms with Crippen molar-refractivity contribution in [3.05, 3.63) is 18.1 Å². The number of carbonyl (C=O) groups is 1. The van der Waals surface area contributed by atoms with Crippen LogP contribution in [0.5, 0.6) is 0 Å². The molecule has 1 aliphatic rings. The van der Waals surface area contributed by atoms with Gasteiger partial charge in [-0.1, -0.05) is 6.92 Å². The van der Waals surface area contributed by atoms with Crippen molar-refractivity contribution in [3.8, 4) is 0 Å². The molecule has 5 nitrogen and oxygen atoms in total. The van der Waals surface area contributed by atoms with E-state index in [1.54, 1.807) is 6.33 Å². The van der Waals surface area contributed by atoms with Gasteiger partial charge in [-0.05, 0) is 32.1 Å². The number of rotatable bonds is 5. The number of carboxylic acid groups (broad SMARTS) is 1. The predicted octanol–water partition coefficient (Wildman–Crippen LogP) is 2.26. The van der Waals surface area contributed by atoms with Gasteiger partial charge in [0.25, 0.3) is 0 Å². The summed E-state index contributed by atoms with van der Waals surface area (Å²) in [7, 11) is 0. The summed E-state index contributed by atoms with van der Waals surface area (Å²) in [6.07, 6.45) is 6.80. The Hall–Kier alpha value is -1.65. The van der Waals surface area contributed by atoms with Gasteiger partial charge in [-0.25, -0.2) is 9.97 Å². The quantitative estimate of drug-likeness (QED) is 0.882. The molecule has 1 unspecified atom stereocenters. The lowest BCUT2D eigenvalue weighted by Gasteiger charge is -2.36. The van der Waals surface area contributed by atoms with Crippen LogP contribution in [-0.4, -0.2) is 33.6 Å². The van der Waals surface area contributed by atoms with E-state index in [1.165, 1.54) is 6.42 Å². The number of aromatic nitrogens is 2. The van der Waals surface area contributed by atoms with Gasteiger partial charge in [-0.15, -0.1) is 0 Å². The molecule has 104 valence electrons. The Morgan fingerprint density at radius 2 is 2.32 bits per heavy atom. The highest BCUT2D eigenvalue weighted by atomic mass is 16.4. The van der Waals surface area contributed by atoms with Gasteiger partial charge in [0.2, 0.25) is 0 Å². The van der Waals surface area contributed by atoms with Gasteiger partial charge in [0, 0.05) is 30.8 Å². The van der Waals surface area contributed by atoms with Crippen LogP contribution in [0.15, 0.2) is 12.4 Å². The molecular weight excluding hydrogens is 242 g/mol. The van der Waals surface area contributed by atoms with Crippen LogP contribution in [0.4, 0.5) is 5.82 Å². The monoisotopic (exact) mass is 263 g/mol. The first kappa shape index (κ1) is 13.8. The van der Waals surface area contributed by atoms with Gasteiger partial charge in [-0.3, -0.25) is 4.79 Å². The predicted molar refractivity (Wildman–Crippen MR) is 73.3 cm³/mol. The molecule has 0 radical (unpaired) electrons. The largest absolute Gasteiger partial charge is 0.481 e. The Balaban J connectivity index is 2.11. The van der Waals surface area contributed by atoms with Crippen LogP contribution in [0, 0.1) is 0 Å². The summed E-state index contributed by atoms with van der Waals surface area (Å²) in [5, 5.41) is 8.84. The zero-order valence-electron chi connectivity index (χ0n) is 11.4. The molecule has 0 spiro atoms. The lowest BCUT2D eigenvalue weighted by Crippen LogP contribution is -2.40. The average Bonchev–Trinajstić information content (AvgIpc) is 2.45.